The second-order valence-corrected chi connectivity index (χ2v) is 4.90. The zero-order chi connectivity index (χ0) is 9.87. The van der Waals surface area contributed by atoms with Gasteiger partial charge in [-0.15, -0.1) is 0 Å². The lowest BCUT2D eigenvalue weighted by Crippen LogP contribution is -2.33. The number of likely N-dealkylation sites (N-methyl/N-ethyl adjacent to an activating group) is 1. The molecule has 14 heavy (non-hydrogen) atoms. The van der Waals surface area contributed by atoms with Gasteiger partial charge in [0.2, 0.25) is 0 Å². The van der Waals surface area contributed by atoms with Crippen LogP contribution in [0.5, 0.6) is 0 Å². The molecule has 0 N–H and O–H groups in total. The predicted molar refractivity (Wildman–Crippen MR) is 61.3 cm³/mol. The highest BCUT2D eigenvalue weighted by molar-refractivity contribution is 9.11. The summed E-state index contributed by atoms with van der Waals surface area (Å²) in [5, 5.41) is 6.57. The van der Waals surface area contributed by atoms with Gasteiger partial charge in [-0.2, -0.15) is 5.10 Å². The maximum absolute atomic E-state index is 4.51. The van der Waals surface area contributed by atoms with Crippen molar-refractivity contribution in [2.45, 2.75) is 13.0 Å². The van der Waals surface area contributed by atoms with Gasteiger partial charge in [0.15, 0.2) is 0 Å². The molecule has 0 aromatic carbocycles. The molecule has 0 aromatic heterocycles. The topological polar surface area (TPSA) is 15.6 Å². The average molecular weight is 251 g/mol. The van der Waals surface area contributed by atoms with E-state index in [2.05, 4.69) is 51.2 Å². The quantitative estimate of drug-likeness (QED) is 0.645. The number of hydrogen-bond acceptors (Lipinski definition) is 2. The molecular weight excluding hydrogens is 240 g/mol. The third-order valence-electron chi connectivity index (χ3n) is 3.09. The highest BCUT2D eigenvalue weighted by atomic mass is 79.9. The molecule has 1 aliphatic heterocycles. The maximum atomic E-state index is 4.51. The minimum Gasteiger partial charge on any atom is -0.292 e. The number of rotatable bonds is 0. The SMILES string of the molecule is CC1=NN(C)C2C=CC(Br)=CC3=C1C32. The largest absolute Gasteiger partial charge is 0.292 e. The fraction of sp³-hybridized carbons (Fsp3) is 0.364. The average Bonchev–Trinajstić information content (AvgIpc) is 2.79. The van der Waals surface area contributed by atoms with Gasteiger partial charge in [-0.1, -0.05) is 22.0 Å². The van der Waals surface area contributed by atoms with E-state index in [1.807, 2.05) is 7.05 Å². The van der Waals surface area contributed by atoms with Gasteiger partial charge in [0, 0.05) is 17.4 Å². The standard InChI is InChI=1S/C11H11BrN2/c1-6-10-8-5-7(12)3-4-9(11(8)10)14(2)13-6/h3-5,9,11H,1-2H3. The van der Waals surface area contributed by atoms with Crippen LogP contribution in [0.2, 0.25) is 0 Å². The van der Waals surface area contributed by atoms with Crippen molar-refractivity contribution in [2.24, 2.45) is 11.0 Å². The first-order valence-electron chi connectivity index (χ1n) is 4.76. The molecule has 0 spiro atoms. The molecular formula is C11H11BrN2. The van der Waals surface area contributed by atoms with Crippen molar-refractivity contribution in [1.29, 1.82) is 0 Å². The Hall–Kier alpha value is -0.830. The summed E-state index contributed by atoms with van der Waals surface area (Å²) in [6, 6.07) is 0.426. The number of halogens is 1. The molecule has 0 fully saturated rings. The van der Waals surface area contributed by atoms with Crippen LogP contribution in [-0.4, -0.2) is 23.8 Å². The van der Waals surface area contributed by atoms with E-state index in [1.54, 1.807) is 0 Å². The summed E-state index contributed by atoms with van der Waals surface area (Å²) in [6.07, 6.45) is 6.56. The Kier molecular flexibility index (Phi) is 1.57. The van der Waals surface area contributed by atoms with Crippen molar-refractivity contribution in [2.75, 3.05) is 7.05 Å². The van der Waals surface area contributed by atoms with Crippen LogP contribution in [0, 0.1) is 5.92 Å². The van der Waals surface area contributed by atoms with E-state index >= 15 is 0 Å². The zero-order valence-electron chi connectivity index (χ0n) is 8.16. The van der Waals surface area contributed by atoms with E-state index in [0.29, 0.717) is 12.0 Å². The molecule has 0 saturated carbocycles. The number of nitrogens with zero attached hydrogens (tertiary/aromatic N) is 2. The molecule has 0 aromatic rings. The fourth-order valence-electron chi connectivity index (χ4n) is 2.41. The lowest BCUT2D eigenvalue weighted by molar-refractivity contribution is 0.270. The third-order valence-corrected chi connectivity index (χ3v) is 3.58. The molecule has 0 saturated heterocycles. The third kappa shape index (κ3) is 0.989. The Morgan fingerprint density at radius 2 is 2.29 bits per heavy atom. The minimum atomic E-state index is 0.426. The van der Waals surface area contributed by atoms with E-state index in [4.69, 9.17) is 0 Å². The summed E-state index contributed by atoms with van der Waals surface area (Å²) in [7, 11) is 2.05. The number of hydrazone groups is 1. The van der Waals surface area contributed by atoms with Crippen LogP contribution in [0.25, 0.3) is 0 Å². The first-order chi connectivity index (χ1) is 6.68. The van der Waals surface area contributed by atoms with E-state index in [9.17, 15) is 0 Å². The van der Waals surface area contributed by atoms with Crippen LogP contribution in [0.3, 0.4) is 0 Å². The lowest BCUT2D eigenvalue weighted by Gasteiger charge is -2.27. The van der Waals surface area contributed by atoms with Gasteiger partial charge >= 0.3 is 0 Å². The van der Waals surface area contributed by atoms with Gasteiger partial charge in [-0.25, -0.2) is 0 Å². The van der Waals surface area contributed by atoms with Crippen LogP contribution >= 0.6 is 15.9 Å². The van der Waals surface area contributed by atoms with E-state index in [0.717, 1.165) is 4.48 Å². The van der Waals surface area contributed by atoms with Crippen molar-refractivity contribution >= 4 is 21.6 Å². The molecule has 2 atom stereocenters. The van der Waals surface area contributed by atoms with Crippen LogP contribution in [0.4, 0.5) is 0 Å². The molecule has 3 rings (SSSR count). The number of hydrogen-bond donors (Lipinski definition) is 0. The predicted octanol–water partition coefficient (Wildman–Crippen LogP) is 2.45. The summed E-state index contributed by atoms with van der Waals surface area (Å²) in [4.78, 5) is 0. The highest BCUT2D eigenvalue weighted by Crippen LogP contribution is 2.50. The molecule has 0 bridgehead atoms. The van der Waals surface area contributed by atoms with E-state index in [-0.39, 0.29) is 0 Å². The fourth-order valence-corrected chi connectivity index (χ4v) is 2.81. The van der Waals surface area contributed by atoms with Crippen LogP contribution in [-0.2, 0) is 0 Å². The summed E-state index contributed by atoms with van der Waals surface area (Å²) >= 11 is 3.54. The molecule has 3 heteroatoms. The molecule has 2 unspecified atom stereocenters. The van der Waals surface area contributed by atoms with Crippen molar-refractivity contribution in [1.82, 2.24) is 5.01 Å². The zero-order valence-corrected chi connectivity index (χ0v) is 9.75. The monoisotopic (exact) mass is 250 g/mol. The Morgan fingerprint density at radius 3 is 3.07 bits per heavy atom. The van der Waals surface area contributed by atoms with Crippen molar-refractivity contribution in [3.05, 3.63) is 33.9 Å². The minimum absolute atomic E-state index is 0.426. The Morgan fingerprint density at radius 1 is 1.50 bits per heavy atom. The smallest absolute Gasteiger partial charge is 0.0761 e. The van der Waals surface area contributed by atoms with E-state index in [1.165, 1.54) is 16.9 Å². The van der Waals surface area contributed by atoms with Crippen LogP contribution < -0.4 is 0 Å². The molecule has 0 radical (unpaired) electrons. The van der Waals surface area contributed by atoms with Crippen molar-refractivity contribution in [3.63, 3.8) is 0 Å². The van der Waals surface area contributed by atoms with Gasteiger partial charge in [-0.3, -0.25) is 5.01 Å². The number of allylic oxidation sites excluding steroid dienone is 3. The lowest BCUT2D eigenvalue weighted by atomic mass is 10.0. The Labute approximate surface area is 91.8 Å². The van der Waals surface area contributed by atoms with Crippen molar-refractivity contribution < 1.29 is 0 Å². The van der Waals surface area contributed by atoms with Gasteiger partial charge < -0.3 is 0 Å². The summed E-state index contributed by atoms with van der Waals surface area (Å²) < 4.78 is 1.16. The Balaban J connectivity index is 2.12. The molecule has 3 aliphatic rings. The van der Waals surface area contributed by atoms with Crippen molar-refractivity contribution in [3.8, 4) is 0 Å². The molecule has 0 amide bonds. The van der Waals surface area contributed by atoms with Crippen LogP contribution in [0.15, 0.2) is 39.0 Å². The maximum Gasteiger partial charge on any atom is 0.0761 e. The first-order valence-corrected chi connectivity index (χ1v) is 5.55. The van der Waals surface area contributed by atoms with Gasteiger partial charge in [0.1, 0.15) is 0 Å². The van der Waals surface area contributed by atoms with Gasteiger partial charge in [-0.05, 0) is 30.2 Å². The van der Waals surface area contributed by atoms with Gasteiger partial charge in [0.25, 0.3) is 0 Å². The molecule has 2 nitrogen and oxygen atoms in total. The highest BCUT2D eigenvalue weighted by Gasteiger charge is 2.46. The summed E-state index contributed by atoms with van der Waals surface area (Å²) in [6.45, 7) is 2.09. The second kappa shape index (κ2) is 2.60. The first kappa shape index (κ1) is 8.48. The van der Waals surface area contributed by atoms with E-state index < -0.39 is 0 Å². The molecule has 72 valence electrons. The summed E-state index contributed by atoms with van der Waals surface area (Å²) in [5.41, 5.74) is 4.09. The Bertz CT molecular complexity index is 429. The van der Waals surface area contributed by atoms with Gasteiger partial charge in [0.05, 0.1) is 11.8 Å². The molecule has 2 aliphatic carbocycles. The van der Waals surface area contributed by atoms with Crippen LogP contribution in [0.1, 0.15) is 6.92 Å². The summed E-state index contributed by atoms with van der Waals surface area (Å²) in [5.74, 6) is 0.601. The normalized spacial score (nSPS) is 33.5. The second-order valence-electron chi connectivity index (χ2n) is 3.98. The molecule has 1 heterocycles.